The van der Waals surface area contributed by atoms with E-state index in [1.165, 1.54) is 10.9 Å². The Balaban J connectivity index is 2.27. The second-order valence-electron chi connectivity index (χ2n) is 4.57. The number of aryl methyl sites for hydroxylation is 1. The van der Waals surface area contributed by atoms with Crippen LogP contribution in [0.15, 0.2) is 36.7 Å². The number of carboxylic acid groups (broad SMARTS) is 1. The zero-order valence-electron chi connectivity index (χ0n) is 11.1. The van der Waals surface area contributed by atoms with Crippen molar-refractivity contribution in [1.29, 1.82) is 0 Å². The largest absolute Gasteiger partial charge is 0.478 e. The standard InChI is InChI=1S/C15H11N3O3/c1-9-11(15(20)21)7-18(17-9)13-5-4-10-3-2-6-16-14(10)12(13)8-19/h2-8H,1H3,(H,20,21). The van der Waals surface area contributed by atoms with Gasteiger partial charge < -0.3 is 5.11 Å². The maximum atomic E-state index is 11.4. The number of carbonyl (C=O) groups excluding carboxylic acids is 1. The summed E-state index contributed by atoms with van der Waals surface area (Å²) in [4.78, 5) is 26.8. The number of rotatable bonds is 3. The molecule has 1 aromatic carbocycles. The second-order valence-corrected chi connectivity index (χ2v) is 4.57. The van der Waals surface area contributed by atoms with Crippen LogP contribution in [0.2, 0.25) is 0 Å². The van der Waals surface area contributed by atoms with Crippen LogP contribution >= 0.6 is 0 Å². The van der Waals surface area contributed by atoms with Gasteiger partial charge in [0.15, 0.2) is 6.29 Å². The third-order valence-corrected chi connectivity index (χ3v) is 3.28. The molecule has 0 amide bonds. The van der Waals surface area contributed by atoms with Gasteiger partial charge in [0.25, 0.3) is 0 Å². The molecule has 0 unspecified atom stereocenters. The number of aromatic carboxylic acids is 1. The van der Waals surface area contributed by atoms with Gasteiger partial charge in [-0.15, -0.1) is 0 Å². The molecule has 6 nitrogen and oxygen atoms in total. The van der Waals surface area contributed by atoms with Gasteiger partial charge in [0.05, 0.1) is 22.5 Å². The molecule has 0 saturated carbocycles. The van der Waals surface area contributed by atoms with Crippen molar-refractivity contribution in [3.63, 3.8) is 0 Å². The molecule has 0 aliphatic heterocycles. The molecular weight excluding hydrogens is 270 g/mol. The Hall–Kier alpha value is -3.02. The van der Waals surface area contributed by atoms with Gasteiger partial charge >= 0.3 is 5.97 Å². The zero-order chi connectivity index (χ0) is 15.0. The maximum Gasteiger partial charge on any atom is 0.339 e. The van der Waals surface area contributed by atoms with Gasteiger partial charge in [-0.2, -0.15) is 5.10 Å². The Morgan fingerprint density at radius 1 is 1.33 bits per heavy atom. The summed E-state index contributed by atoms with van der Waals surface area (Å²) in [6, 6.07) is 7.20. The molecule has 2 aromatic heterocycles. The minimum Gasteiger partial charge on any atom is -0.478 e. The molecule has 0 bridgehead atoms. The summed E-state index contributed by atoms with van der Waals surface area (Å²) in [6.45, 7) is 1.61. The normalized spacial score (nSPS) is 10.7. The van der Waals surface area contributed by atoms with Crippen molar-refractivity contribution >= 4 is 23.2 Å². The maximum absolute atomic E-state index is 11.4. The summed E-state index contributed by atoms with van der Waals surface area (Å²) in [5.74, 6) is -1.05. The highest BCUT2D eigenvalue weighted by atomic mass is 16.4. The third-order valence-electron chi connectivity index (χ3n) is 3.28. The number of carbonyl (C=O) groups is 2. The van der Waals surface area contributed by atoms with Gasteiger partial charge in [0, 0.05) is 17.8 Å². The van der Waals surface area contributed by atoms with E-state index in [1.54, 1.807) is 25.3 Å². The number of fused-ring (bicyclic) bond motifs is 1. The van der Waals surface area contributed by atoms with Crippen molar-refractivity contribution < 1.29 is 14.7 Å². The number of carboxylic acids is 1. The Morgan fingerprint density at radius 3 is 2.81 bits per heavy atom. The molecule has 104 valence electrons. The Bertz CT molecular complexity index is 868. The molecule has 0 aliphatic rings. The second kappa shape index (κ2) is 4.82. The topological polar surface area (TPSA) is 85.1 Å². The first-order valence-electron chi connectivity index (χ1n) is 6.24. The Morgan fingerprint density at radius 2 is 2.14 bits per heavy atom. The number of hydrogen-bond acceptors (Lipinski definition) is 4. The van der Waals surface area contributed by atoms with E-state index >= 15 is 0 Å². The van der Waals surface area contributed by atoms with Gasteiger partial charge in [0.2, 0.25) is 0 Å². The molecule has 1 N–H and O–H groups in total. The molecule has 3 aromatic rings. The van der Waals surface area contributed by atoms with E-state index in [0.717, 1.165) is 5.39 Å². The molecule has 21 heavy (non-hydrogen) atoms. The van der Waals surface area contributed by atoms with E-state index in [0.29, 0.717) is 28.7 Å². The van der Waals surface area contributed by atoms with Crippen molar-refractivity contribution in [2.45, 2.75) is 6.92 Å². The van der Waals surface area contributed by atoms with Crippen LogP contribution in [0.25, 0.3) is 16.6 Å². The highest BCUT2D eigenvalue weighted by Crippen LogP contribution is 2.22. The summed E-state index contributed by atoms with van der Waals surface area (Å²) in [5, 5.41) is 14.1. The highest BCUT2D eigenvalue weighted by molar-refractivity contribution is 5.99. The van der Waals surface area contributed by atoms with Gasteiger partial charge in [0.1, 0.15) is 5.56 Å². The van der Waals surface area contributed by atoms with Crippen LogP contribution in [-0.4, -0.2) is 32.1 Å². The predicted octanol–water partition coefficient (Wildman–Crippen LogP) is 2.24. The monoisotopic (exact) mass is 281 g/mol. The average Bonchev–Trinajstić information content (AvgIpc) is 2.88. The van der Waals surface area contributed by atoms with E-state index < -0.39 is 5.97 Å². The average molecular weight is 281 g/mol. The number of nitrogens with zero attached hydrogens (tertiary/aromatic N) is 3. The highest BCUT2D eigenvalue weighted by Gasteiger charge is 2.16. The van der Waals surface area contributed by atoms with Crippen LogP contribution in [0.1, 0.15) is 26.4 Å². The van der Waals surface area contributed by atoms with Crippen LogP contribution in [0.4, 0.5) is 0 Å². The van der Waals surface area contributed by atoms with E-state index in [-0.39, 0.29) is 5.56 Å². The molecule has 0 aliphatic carbocycles. The van der Waals surface area contributed by atoms with Crippen LogP contribution in [-0.2, 0) is 0 Å². The van der Waals surface area contributed by atoms with Gasteiger partial charge in [-0.1, -0.05) is 12.1 Å². The van der Waals surface area contributed by atoms with Gasteiger partial charge in [-0.05, 0) is 19.1 Å². The van der Waals surface area contributed by atoms with Crippen molar-refractivity contribution in [2.75, 3.05) is 0 Å². The predicted molar refractivity (Wildman–Crippen MR) is 75.9 cm³/mol. The van der Waals surface area contributed by atoms with E-state index in [1.807, 2.05) is 12.1 Å². The number of pyridine rings is 1. The SMILES string of the molecule is Cc1nn(-c2ccc3cccnc3c2C=O)cc1C(=O)O. The molecule has 2 heterocycles. The molecular formula is C15H11N3O3. The Labute approximate surface area is 119 Å². The van der Waals surface area contributed by atoms with E-state index in [9.17, 15) is 9.59 Å². The molecule has 0 fully saturated rings. The van der Waals surface area contributed by atoms with Crippen molar-refractivity contribution in [2.24, 2.45) is 0 Å². The lowest BCUT2D eigenvalue weighted by Crippen LogP contribution is -2.01. The first kappa shape index (κ1) is 13.0. The minimum absolute atomic E-state index is 0.105. The van der Waals surface area contributed by atoms with Crippen LogP contribution in [0, 0.1) is 6.92 Å². The van der Waals surface area contributed by atoms with E-state index in [4.69, 9.17) is 5.11 Å². The first-order valence-corrected chi connectivity index (χ1v) is 6.24. The molecule has 0 spiro atoms. The molecule has 0 radical (unpaired) electrons. The van der Waals surface area contributed by atoms with Crippen molar-refractivity contribution in [3.05, 3.63) is 53.5 Å². The number of benzene rings is 1. The molecule has 0 saturated heterocycles. The zero-order valence-corrected chi connectivity index (χ0v) is 11.1. The fourth-order valence-corrected chi connectivity index (χ4v) is 2.27. The fourth-order valence-electron chi connectivity index (χ4n) is 2.27. The number of hydrogen-bond donors (Lipinski definition) is 1. The van der Waals surface area contributed by atoms with Gasteiger partial charge in [-0.25, -0.2) is 9.48 Å². The summed E-state index contributed by atoms with van der Waals surface area (Å²) in [6.07, 6.45) is 3.72. The summed E-state index contributed by atoms with van der Waals surface area (Å²) >= 11 is 0. The van der Waals surface area contributed by atoms with Crippen LogP contribution in [0.5, 0.6) is 0 Å². The van der Waals surface area contributed by atoms with Crippen molar-refractivity contribution in [3.8, 4) is 5.69 Å². The Kier molecular flexibility index (Phi) is 2.98. The van der Waals surface area contributed by atoms with E-state index in [2.05, 4.69) is 10.1 Å². The lowest BCUT2D eigenvalue weighted by Gasteiger charge is -2.07. The first-order chi connectivity index (χ1) is 10.1. The molecule has 6 heteroatoms. The molecule has 3 rings (SSSR count). The van der Waals surface area contributed by atoms with Crippen LogP contribution < -0.4 is 0 Å². The summed E-state index contributed by atoms with van der Waals surface area (Å²) < 4.78 is 1.40. The lowest BCUT2D eigenvalue weighted by molar-refractivity contribution is 0.0696. The quantitative estimate of drug-likeness (QED) is 0.744. The number of aromatic nitrogens is 3. The van der Waals surface area contributed by atoms with Crippen LogP contribution in [0.3, 0.4) is 0 Å². The third kappa shape index (κ3) is 2.06. The summed E-state index contributed by atoms with van der Waals surface area (Å²) in [7, 11) is 0. The van der Waals surface area contributed by atoms with Crippen molar-refractivity contribution in [1.82, 2.24) is 14.8 Å². The summed E-state index contributed by atoms with van der Waals surface area (Å²) in [5.41, 5.74) is 1.95. The fraction of sp³-hybridized carbons (Fsp3) is 0.0667. The number of aldehydes is 1. The smallest absolute Gasteiger partial charge is 0.339 e. The van der Waals surface area contributed by atoms with Gasteiger partial charge in [-0.3, -0.25) is 9.78 Å². The minimum atomic E-state index is -1.05. The lowest BCUT2D eigenvalue weighted by atomic mass is 10.1. The molecule has 0 atom stereocenters.